The molecule has 0 bridgehead atoms. The van der Waals surface area contributed by atoms with Crippen molar-refractivity contribution in [1.82, 2.24) is 0 Å². The number of rotatable bonds is 2. The highest BCUT2D eigenvalue weighted by Gasteiger charge is 2.22. The highest BCUT2D eigenvalue weighted by molar-refractivity contribution is 5.75. The van der Waals surface area contributed by atoms with E-state index in [0.717, 1.165) is 19.4 Å². The van der Waals surface area contributed by atoms with Crippen LogP contribution in [0.25, 0.3) is 0 Å². The number of carbonyl (C=O) groups excluding carboxylic acids is 1. The Morgan fingerprint density at radius 1 is 1.64 bits per heavy atom. The van der Waals surface area contributed by atoms with Gasteiger partial charge in [-0.25, -0.2) is 0 Å². The largest absolute Gasteiger partial charge is 0.378 e. The summed E-state index contributed by atoms with van der Waals surface area (Å²) in [6.07, 6.45) is 3.25. The van der Waals surface area contributed by atoms with Crippen LogP contribution >= 0.6 is 0 Å². The molecule has 1 aliphatic heterocycles. The van der Waals surface area contributed by atoms with E-state index < -0.39 is 0 Å². The molecule has 2 heteroatoms. The molecule has 0 spiro atoms. The Morgan fingerprint density at radius 3 is 2.91 bits per heavy atom. The van der Waals surface area contributed by atoms with E-state index in [0.29, 0.717) is 12.3 Å². The van der Waals surface area contributed by atoms with Gasteiger partial charge in [-0.2, -0.15) is 0 Å². The van der Waals surface area contributed by atoms with Gasteiger partial charge in [0, 0.05) is 13.0 Å². The summed E-state index contributed by atoms with van der Waals surface area (Å²) in [6.45, 7) is 4.59. The Morgan fingerprint density at radius 2 is 2.36 bits per heavy atom. The molecule has 1 rings (SSSR count). The molecule has 1 aliphatic rings. The summed E-state index contributed by atoms with van der Waals surface area (Å²) in [6, 6.07) is 0. The van der Waals surface area contributed by atoms with Crippen molar-refractivity contribution in [3.05, 3.63) is 0 Å². The highest BCUT2D eigenvalue weighted by atomic mass is 16.5. The van der Waals surface area contributed by atoms with Crippen LogP contribution in [0, 0.1) is 5.92 Å². The zero-order valence-corrected chi connectivity index (χ0v) is 7.30. The van der Waals surface area contributed by atoms with Crippen LogP contribution in [-0.4, -0.2) is 18.5 Å². The quantitative estimate of drug-likeness (QED) is 0.609. The monoisotopic (exact) mass is 156 g/mol. The molecule has 0 aromatic rings. The fraction of sp³-hybridized carbons (Fsp3) is 0.889. The van der Waals surface area contributed by atoms with E-state index in [9.17, 15) is 4.79 Å². The van der Waals surface area contributed by atoms with Crippen molar-refractivity contribution in [3.63, 3.8) is 0 Å². The number of hydrogen-bond acceptors (Lipinski definition) is 2. The maximum Gasteiger partial charge on any atom is 0.130 e. The number of ether oxygens (including phenoxy) is 1. The van der Waals surface area contributed by atoms with E-state index in [4.69, 9.17) is 4.74 Å². The normalized spacial score (nSPS) is 31.8. The third-order valence-corrected chi connectivity index (χ3v) is 2.31. The van der Waals surface area contributed by atoms with Crippen molar-refractivity contribution < 1.29 is 9.53 Å². The average molecular weight is 156 g/mol. The second kappa shape index (κ2) is 3.86. The van der Waals surface area contributed by atoms with E-state index in [1.54, 1.807) is 6.92 Å². The Bertz CT molecular complexity index is 142. The number of hydrogen-bond donors (Lipinski definition) is 0. The first-order valence-corrected chi connectivity index (χ1v) is 4.31. The average Bonchev–Trinajstić information content (AvgIpc) is 1.93. The number of Topliss-reactive ketones (excluding diaryl/α,β-unsaturated/α-hetero) is 1. The van der Waals surface area contributed by atoms with Crippen molar-refractivity contribution in [2.75, 3.05) is 6.61 Å². The molecule has 64 valence electrons. The molecule has 1 saturated heterocycles. The first-order valence-electron chi connectivity index (χ1n) is 4.31. The first kappa shape index (κ1) is 8.72. The summed E-state index contributed by atoms with van der Waals surface area (Å²) in [5, 5.41) is 0. The lowest BCUT2D eigenvalue weighted by molar-refractivity contribution is -0.120. The van der Waals surface area contributed by atoms with Crippen molar-refractivity contribution in [2.45, 2.75) is 39.2 Å². The van der Waals surface area contributed by atoms with Gasteiger partial charge < -0.3 is 9.53 Å². The second-order valence-electron chi connectivity index (χ2n) is 3.38. The van der Waals surface area contributed by atoms with Gasteiger partial charge in [-0.3, -0.25) is 0 Å². The maximum atomic E-state index is 10.8. The molecule has 0 radical (unpaired) electrons. The molecule has 0 saturated carbocycles. The third-order valence-electron chi connectivity index (χ3n) is 2.31. The van der Waals surface area contributed by atoms with Crippen LogP contribution < -0.4 is 0 Å². The van der Waals surface area contributed by atoms with Crippen LogP contribution in [0.5, 0.6) is 0 Å². The van der Waals surface area contributed by atoms with Gasteiger partial charge >= 0.3 is 0 Å². The zero-order valence-electron chi connectivity index (χ0n) is 7.30. The van der Waals surface area contributed by atoms with Gasteiger partial charge in [0.15, 0.2) is 0 Å². The summed E-state index contributed by atoms with van der Waals surface area (Å²) in [5.41, 5.74) is 0. The molecule has 0 amide bonds. The summed E-state index contributed by atoms with van der Waals surface area (Å²) < 4.78 is 5.44. The Balaban J connectivity index is 2.35. The predicted octanol–water partition coefficient (Wildman–Crippen LogP) is 1.78. The van der Waals surface area contributed by atoms with E-state index in [2.05, 4.69) is 6.92 Å². The summed E-state index contributed by atoms with van der Waals surface area (Å²) in [4.78, 5) is 10.8. The summed E-state index contributed by atoms with van der Waals surface area (Å²) >= 11 is 0. The first-order chi connectivity index (χ1) is 5.20. The topological polar surface area (TPSA) is 26.3 Å². The van der Waals surface area contributed by atoms with Crippen LogP contribution in [0.1, 0.15) is 33.1 Å². The predicted molar refractivity (Wildman–Crippen MR) is 43.4 cm³/mol. The van der Waals surface area contributed by atoms with E-state index in [-0.39, 0.29) is 11.9 Å². The van der Waals surface area contributed by atoms with E-state index in [1.807, 2.05) is 0 Å². The minimum Gasteiger partial charge on any atom is -0.378 e. The SMILES string of the molecule is CC(=O)CC1CCCOC1C. The molecule has 0 aliphatic carbocycles. The fourth-order valence-corrected chi connectivity index (χ4v) is 1.62. The second-order valence-corrected chi connectivity index (χ2v) is 3.38. The summed E-state index contributed by atoms with van der Waals surface area (Å²) in [5.74, 6) is 0.758. The lowest BCUT2D eigenvalue weighted by atomic mass is 9.91. The van der Waals surface area contributed by atoms with Gasteiger partial charge in [0.2, 0.25) is 0 Å². The van der Waals surface area contributed by atoms with Crippen LogP contribution in [0.2, 0.25) is 0 Å². The fourth-order valence-electron chi connectivity index (χ4n) is 1.62. The van der Waals surface area contributed by atoms with Gasteiger partial charge in [-0.05, 0) is 32.6 Å². The Labute approximate surface area is 67.9 Å². The van der Waals surface area contributed by atoms with Crippen LogP contribution in [0.4, 0.5) is 0 Å². The zero-order chi connectivity index (χ0) is 8.27. The summed E-state index contributed by atoms with van der Waals surface area (Å²) in [7, 11) is 0. The molecular formula is C9H16O2. The van der Waals surface area contributed by atoms with E-state index in [1.165, 1.54) is 0 Å². The molecular weight excluding hydrogens is 140 g/mol. The molecule has 1 heterocycles. The van der Waals surface area contributed by atoms with Gasteiger partial charge in [-0.1, -0.05) is 0 Å². The minimum atomic E-state index is 0.285. The van der Waals surface area contributed by atoms with Crippen LogP contribution in [-0.2, 0) is 9.53 Å². The third kappa shape index (κ3) is 2.62. The van der Waals surface area contributed by atoms with Gasteiger partial charge in [0.1, 0.15) is 5.78 Å². The Hall–Kier alpha value is -0.370. The minimum absolute atomic E-state index is 0.285. The van der Waals surface area contributed by atoms with Crippen molar-refractivity contribution in [3.8, 4) is 0 Å². The van der Waals surface area contributed by atoms with Gasteiger partial charge in [0.25, 0.3) is 0 Å². The van der Waals surface area contributed by atoms with Gasteiger partial charge in [-0.15, -0.1) is 0 Å². The molecule has 0 N–H and O–H groups in total. The van der Waals surface area contributed by atoms with E-state index >= 15 is 0 Å². The van der Waals surface area contributed by atoms with Crippen molar-refractivity contribution in [1.29, 1.82) is 0 Å². The van der Waals surface area contributed by atoms with Crippen molar-refractivity contribution in [2.24, 2.45) is 5.92 Å². The number of carbonyl (C=O) groups is 1. The maximum absolute atomic E-state index is 10.8. The van der Waals surface area contributed by atoms with Crippen LogP contribution in [0.3, 0.4) is 0 Å². The Kier molecular flexibility index (Phi) is 3.06. The lowest BCUT2D eigenvalue weighted by Gasteiger charge is -2.28. The molecule has 0 aromatic heterocycles. The molecule has 2 nitrogen and oxygen atoms in total. The molecule has 0 aromatic carbocycles. The van der Waals surface area contributed by atoms with Crippen LogP contribution in [0.15, 0.2) is 0 Å². The molecule has 2 unspecified atom stereocenters. The molecule has 1 fully saturated rings. The highest BCUT2D eigenvalue weighted by Crippen LogP contribution is 2.23. The molecule has 2 atom stereocenters. The van der Waals surface area contributed by atoms with Gasteiger partial charge in [0.05, 0.1) is 6.10 Å². The van der Waals surface area contributed by atoms with Crippen molar-refractivity contribution >= 4 is 5.78 Å². The lowest BCUT2D eigenvalue weighted by Crippen LogP contribution is -2.28. The molecule has 11 heavy (non-hydrogen) atoms. The standard InChI is InChI=1S/C9H16O2/c1-7(10)6-9-4-3-5-11-8(9)2/h8-9H,3-6H2,1-2H3. The number of ketones is 1. The smallest absolute Gasteiger partial charge is 0.130 e.